The minimum Gasteiger partial charge on any atom is -0.321 e. The van der Waals surface area contributed by atoms with Crippen LogP contribution in [0.4, 0.5) is 18.9 Å². The summed E-state index contributed by atoms with van der Waals surface area (Å²) < 4.78 is 39.5. The standard InChI is InChI=1S/C11H11ClF3N5O/c1-5-9(10(19-18-5)11(13,14)15)17-8(21)4-20-6(2)7(12)3-16-20/h3H,4H2,1-2H3,(H,17,21)(H,18,19). The molecule has 0 aliphatic carbocycles. The highest BCUT2D eigenvalue weighted by Crippen LogP contribution is 2.34. The van der Waals surface area contributed by atoms with Crippen molar-refractivity contribution < 1.29 is 18.0 Å². The Morgan fingerprint density at radius 2 is 2.14 bits per heavy atom. The average molecular weight is 322 g/mol. The molecule has 10 heteroatoms. The molecule has 0 bridgehead atoms. The van der Waals surface area contributed by atoms with Crippen molar-refractivity contribution in [3.8, 4) is 0 Å². The van der Waals surface area contributed by atoms with Crippen LogP contribution in [-0.4, -0.2) is 25.9 Å². The summed E-state index contributed by atoms with van der Waals surface area (Å²) in [6.45, 7) is 2.78. The predicted molar refractivity (Wildman–Crippen MR) is 68.9 cm³/mol. The molecule has 2 rings (SSSR count). The summed E-state index contributed by atoms with van der Waals surface area (Å²) >= 11 is 5.79. The lowest BCUT2D eigenvalue weighted by atomic mass is 10.3. The largest absolute Gasteiger partial charge is 0.437 e. The van der Waals surface area contributed by atoms with E-state index in [0.717, 1.165) is 0 Å². The number of carbonyl (C=O) groups excluding carboxylic acids is 1. The third-order valence-corrected chi connectivity index (χ3v) is 3.19. The van der Waals surface area contributed by atoms with Crippen LogP contribution in [0.5, 0.6) is 0 Å². The number of rotatable bonds is 3. The van der Waals surface area contributed by atoms with Crippen LogP contribution in [0.3, 0.4) is 0 Å². The molecule has 2 aromatic heterocycles. The fourth-order valence-electron chi connectivity index (χ4n) is 1.69. The summed E-state index contributed by atoms with van der Waals surface area (Å²) in [5.74, 6) is -0.659. The number of carbonyl (C=O) groups is 1. The first-order valence-electron chi connectivity index (χ1n) is 5.80. The van der Waals surface area contributed by atoms with Gasteiger partial charge in [0.05, 0.1) is 28.3 Å². The molecule has 0 spiro atoms. The summed E-state index contributed by atoms with van der Waals surface area (Å²) in [4.78, 5) is 11.8. The zero-order valence-corrected chi connectivity index (χ0v) is 11.8. The number of nitrogens with one attached hydrogen (secondary N) is 2. The number of alkyl halides is 3. The van der Waals surface area contributed by atoms with Crippen LogP contribution in [-0.2, 0) is 17.5 Å². The number of aryl methyl sites for hydroxylation is 1. The number of halogens is 4. The van der Waals surface area contributed by atoms with Crippen LogP contribution in [0.25, 0.3) is 0 Å². The molecule has 6 nitrogen and oxygen atoms in total. The Morgan fingerprint density at radius 3 is 2.67 bits per heavy atom. The van der Waals surface area contributed by atoms with Crippen molar-refractivity contribution in [3.63, 3.8) is 0 Å². The Hall–Kier alpha value is -2.03. The lowest BCUT2D eigenvalue weighted by molar-refractivity contribution is -0.140. The molecule has 0 aromatic carbocycles. The minimum absolute atomic E-state index is 0.117. The van der Waals surface area contributed by atoms with Gasteiger partial charge in [0, 0.05) is 0 Å². The van der Waals surface area contributed by atoms with Gasteiger partial charge in [0.15, 0.2) is 5.69 Å². The number of aromatic amines is 1. The summed E-state index contributed by atoms with van der Waals surface area (Å²) in [5.41, 5.74) is -0.885. The monoisotopic (exact) mass is 321 g/mol. The van der Waals surface area contributed by atoms with Gasteiger partial charge in [-0.25, -0.2) is 0 Å². The van der Waals surface area contributed by atoms with Gasteiger partial charge in [0.1, 0.15) is 6.54 Å². The molecule has 2 N–H and O–H groups in total. The SMILES string of the molecule is Cc1[nH]nc(C(F)(F)F)c1NC(=O)Cn1ncc(Cl)c1C. The molecular weight excluding hydrogens is 311 g/mol. The normalized spacial score (nSPS) is 11.7. The number of hydrogen-bond acceptors (Lipinski definition) is 3. The van der Waals surface area contributed by atoms with Crippen molar-refractivity contribution in [1.82, 2.24) is 20.0 Å². The molecule has 0 saturated carbocycles. The molecule has 114 valence electrons. The van der Waals surface area contributed by atoms with E-state index in [0.29, 0.717) is 10.7 Å². The van der Waals surface area contributed by atoms with E-state index < -0.39 is 17.8 Å². The van der Waals surface area contributed by atoms with Gasteiger partial charge in [-0.3, -0.25) is 14.6 Å². The summed E-state index contributed by atoms with van der Waals surface area (Å²) in [5, 5.41) is 11.8. The molecule has 0 fully saturated rings. The Labute approximate surface area is 122 Å². The summed E-state index contributed by atoms with van der Waals surface area (Å²) in [6.07, 6.45) is -3.30. The Bertz CT molecular complexity index is 676. The Kier molecular flexibility index (Phi) is 3.95. The topological polar surface area (TPSA) is 75.6 Å². The Balaban J connectivity index is 2.17. The molecular formula is C11H11ClF3N5O. The van der Waals surface area contributed by atoms with Crippen molar-refractivity contribution in [2.24, 2.45) is 0 Å². The number of hydrogen-bond donors (Lipinski definition) is 2. The third kappa shape index (κ3) is 3.18. The minimum atomic E-state index is -4.65. The van der Waals surface area contributed by atoms with Crippen molar-refractivity contribution >= 4 is 23.2 Å². The quantitative estimate of drug-likeness (QED) is 0.912. The maximum Gasteiger partial charge on any atom is 0.437 e. The highest BCUT2D eigenvalue weighted by Gasteiger charge is 2.38. The van der Waals surface area contributed by atoms with Gasteiger partial charge in [-0.1, -0.05) is 11.6 Å². The maximum atomic E-state index is 12.7. The second-order valence-corrected chi connectivity index (χ2v) is 4.76. The van der Waals surface area contributed by atoms with Crippen LogP contribution in [0, 0.1) is 13.8 Å². The van der Waals surface area contributed by atoms with Crippen LogP contribution in [0.2, 0.25) is 5.02 Å². The lowest BCUT2D eigenvalue weighted by Crippen LogP contribution is -2.22. The maximum absolute atomic E-state index is 12.7. The smallest absolute Gasteiger partial charge is 0.321 e. The van der Waals surface area contributed by atoms with E-state index in [1.807, 2.05) is 0 Å². The molecule has 0 unspecified atom stereocenters. The van der Waals surface area contributed by atoms with Crippen LogP contribution >= 0.6 is 11.6 Å². The van der Waals surface area contributed by atoms with Gasteiger partial charge >= 0.3 is 6.18 Å². The van der Waals surface area contributed by atoms with E-state index in [1.165, 1.54) is 17.8 Å². The van der Waals surface area contributed by atoms with Gasteiger partial charge in [-0.2, -0.15) is 23.4 Å². The summed E-state index contributed by atoms with van der Waals surface area (Å²) in [7, 11) is 0. The first-order valence-corrected chi connectivity index (χ1v) is 6.18. The highest BCUT2D eigenvalue weighted by molar-refractivity contribution is 6.31. The Morgan fingerprint density at radius 1 is 1.48 bits per heavy atom. The fraction of sp³-hybridized carbons (Fsp3) is 0.364. The van der Waals surface area contributed by atoms with Crippen LogP contribution < -0.4 is 5.32 Å². The number of amides is 1. The molecule has 0 aliphatic heterocycles. The second-order valence-electron chi connectivity index (χ2n) is 4.35. The van der Waals surface area contributed by atoms with Crippen molar-refractivity contribution in [3.05, 3.63) is 28.3 Å². The van der Waals surface area contributed by atoms with Gasteiger partial charge in [0.2, 0.25) is 5.91 Å². The fourth-order valence-corrected chi connectivity index (χ4v) is 1.83. The van der Waals surface area contributed by atoms with E-state index in [4.69, 9.17) is 11.6 Å². The van der Waals surface area contributed by atoms with Crippen LogP contribution in [0.15, 0.2) is 6.20 Å². The zero-order valence-electron chi connectivity index (χ0n) is 11.0. The van der Waals surface area contributed by atoms with Crippen molar-refractivity contribution in [1.29, 1.82) is 0 Å². The zero-order chi connectivity index (χ0) is 15.8. The van der Waals surface area contributed by atoms with E-state index in [2.05, 4.69) is 20.6 Å². The second kappa shape index (κ2) is 5.40. The van der Waals surface area contributed by atoms with E-state index in [-0.39, 0.29) is 17.9 Å². The number of aromatic nitrogens is 4. The molecule has 0 saturated heterocycles. The average Bonchev–Trinajstić information content (AvgIpc) is 2.87. The van der Waals surface area contributed by atoms with E-state index in [9.17, 15) is 18.0 Å². The molecule has 21 heavy (non-hydrogen) atoms. The first kappa shape index (κ1) is 15.4. The predicted octanol–water partition coefficient (Wildman–Crippen LogP) is 2.53. The molecule has 0 aliphatic rings. The molecule has 2 aromatic rings. The molecule has 2 heterocycles. The number of nitrogens with zero attached hydrogens (tertiary/aromatic N) is 3. The first-order chi connectivity index (χ1) is 9.70. The van der Waals surface area contributed by atoms with E-state index in [1.54, 1.807) is 6.92 Å². The highest BCUT2D eigenvalue weighted by atomic mass is 35.5. The molecule has 0 atom stereocenters. The molecule has 1 amide bonds. The number of H-pyrrole nitrogens is 1. The summed E-state index contributed by atoms with van der Waals surface area (Å²) in [6, 6.07) is 0. The van der Waals surface area contributed by atoms with Crippen molar-refractivity contribution in [2.45, 2.75) is 26.6 Å². The number of anilines is 1. The van der Waals surface area contributed by atoms with Gasteiger partial charge in [0.25, 0.3) is 0 Å². The van der Waals surface area contributed by atoms with E-state index >= 15 is 0 Å². The van der Waals surface area contributed by atoms with Gasteiger partial charge < -0.3 is 5.32 Å². The molecule has 0 radical (unpaired) electrons. The van der Waals surface area contributed by atoms with Crippen molar-refractivity contribution in [2.75, 3.05) is 5.32 Å². The lowest BCUT2D eigenvalue weighted by Gasteiger charge is -2.09. The third-order valence-electron chi connectivity index (χ3n) is 2.82. The van der Waals surface area contributed by atoms with Gasteiger partial charge in [-0.15, -0.1) is 0 Å². The van der Waals surface area contributed by atoms with Crippen LogP contribution in [0.1, 0.15) is 17.1 Å². The van der Waals surface area contributed by atoms with Gasteiger partial charge in [-0.05, 0) is 13.8 Å².